The first kappa shape index (κ1) is 19.7. The average Bonchev–Trinajstić information content (AvgIpc) is 2.95. The highest BCUT2D eigenvalue weighted by Gasteiger charge is 2.33. The van der Waals surface area contributed by atoms with E-state index in [0.717, 1.165) is 16.4 Å². The van der Waals surface area contributed by atoms with Crippen LogP contribution in [-0.2, 0) is 19.4 Å². The van der Waals surface area contributed by atoms with Crippen LogP contribution in [0.5, 0.6) is 5.75 Å². The van der Waals surface area contributed by atoms with Gasteiger partial charge in [-0.05, 0) is 53.7 Å². The Morgan fingerprint density at radius 3 is 1.96 bits per heavy atom. The molecule has 6 nitrogen and oxygen atoms in total. The van der Waals surface area contributed by atoms with Gasteiger partial charge in [0.15, 0.2) is 5.58 Å². The third kappa shape index (κ3) is 5.23. The molecule has 0 amide bonds. The summed E-state index contributed by atoms with van der Waals surface area (Å²) in [7, 11) is -1.23. The minimum atomic E-state index is -1.23. The highest BCUT2D eigenvalue weighted by molar-refractivity contribution is 6.37. The summed E-state index contributed by atoms with van der Waals surface area (Å²) in [6.07, 6.45) is 0. The summed E-state index contributed by atoms with van der Waals surface area (Å²) < 4.78 is 11.8. The van der Waals surface area contributed by atoms with Crippen molar-refractivity contribution in [2.75, 3.05) is 0 Å². The molecule has 0 atom stereocenters. The van der Waals surface area contributed by atoms with Gasteiger partial charge in [-0.15, -0.1) is 0 Å². The second kappa shape index (κ2) is 7.52. The number of benzene rings is 2. The Morgan fingerprint density at radius 1 is 0.741 bits per heavy atom. The SMILES string of the molecule is CC(C)(C)OOB(OOC(C)(C)C)Oc1cccc2c1oc1ccccc12. The predicted molar refractivity (Wildman–Crippen MR) is 104 cm³/mol. The molecule has 0 N–H and O–H groups in total. The van der Waals surface area contributed by atoms with Gasteiger partial charge in [0, 0.05) is 10.8 Å². The fraction of sp³-hybridized carbons (Fsp3) is 0.400. The molecule has 0 radical (unpaired) electrons. The summed E-state index contributed by atoms with van der Waals surface area (Å²) in [6.45, 7) is 11.1. The van der Waals surface area contributed by atoms with Crippen LogP contribution in [0, 0.1) is 0 Å². The molecule has 0 fully saturated rings. The Bertz CT molecular complexity index is 888. The molecule has 2 aromatic carbocycles. The second-order valence-corrected chi connectivity index (χ2v) is 8.22. The largest absolute Gasteiger partial charge is 0.770 e. The molecular weight excluding hydrogens is 347 g/mol. The van der Waals surface area contributed by atoms with E-state index >= 15 is 0 Å². The summed E-state index contributed by atoms with van der Waals surface area (Å²) in [5, 5.41) is 1.95. The van der Waals surface area contributed by atoms with Crippen LogP contribution in [-0.4, -0.2) is 18.5 Å². The maximum Gasteiger partial charge on any atom is 0.770 e. The van der Waals surface area contributed by atoms with E-state index in [1.807, 2.05) is 77.9 Å². The van der Waals surface area contributed by atoms with Crippen LogP contribution in [0.3, 0.4) is 0 Å². The summed E-state index contributed by atoms with van der Waals surface area (Å²) in [5.74, 6) is 0.462. The lowest BCUT2D eigenvalue weighted by Crippen LogP contribution is -2.37. The van der Waals surface area contributed by atoms with Gasteiger partial charge in [0.05, 0.1) is 11.2 Å². The molecule has 0 saturated heterocycles. The van der Waals surface area contributed by atoms with Crippen LogP contribution in [0.1, 0.15) is 41.5 Å². The van der Waals surface area contributed by atoms with E-state index in [1.165, 1.54) is 0 Å². The van der Waals surface area contributed by atoms with Crippen LogP contribution >= 0.6 is 0 Å². The monoisotopic (exact) mass is 372 g/mol. The molecule has 0 bridgehead atoms. The normalized spacial score (nSPS) is 12.7. The molecule has 0 aliphatic carbocycles. The molecular formula is C20H25BO6. The van der Waals surface area contributed by atoms with Gasteiger partial charge in [-0.3, -0.25) is 0 Å². The molecule has 1 heterocycles. The zero-order valence-corrected chi connectivity index (χ0v) is 16.6. The first-order valence-electron chi connectivity index (χ1n) is 8.88. The summed E-state index contributed by atoms with van der Waals surface area (Å²) in [4.78, 5) is 21.3. The average molecular weight is 372 g/mol. The van der Waals surface area contributed by atoms with E-state index < -0.39 is 18.5 Å². The van der Waals surface area contributed by atoms with Gasteiger partial charge < -0.3 is 9.07 Å². The number of fused-ring (bicyclic) bond motifs is 3. The number of furan rings is 1. The molecule has 0 saturated carbocycles. The Kier molecular flexibility index (Phi) is 5.49. The van der Waals surface area contributed by atoms with Crippen molar-refractivity contribution < 1.29 is 28.5 Å². The van der Waals surface area contributed by atoms with Crippen molar-refractivity contribution in [1.29, 1.82) is 0 Å². The number of para-hydroxylation sites is 2. The quantitative estimate of drug-likeness (QED) is 0.326. The number of rotatable bonds is 6. The fourth-order valence-electron chi connectivity index (χ4n) is 2.34. The minimum absolute atomic E-state index is 0.462. The highest BCUT2D eigenvalue weighted by Crippen LogP contribution is 2.34. The van der Waals surface area contributed by atoms with E-state index in [1.54, 1.807) is 6.07 Å². The van der Waals surface area contributed by atoms with Gasteiger partial charge in [-0.1, -0.05) is 30.3 Å². The highest BCUT2D eigenvalue weighted by atomic mass is 17.3. The second-order valence-electron chi connectivity index (χ2n) is 8.22. The van der Waals surface area contributed by atoms with Gasteiger partial charge in [-0.25, -0.2) is 19.4 Å². The molecule has 3 aromatic rings. The molecule has 7 heteroatoms. The van der Waals surface area contributed by atoms with Crippen molar-refractivity contribution in [2.45, 2.75) is 52.7 Å². The minimum Gasteiger partial charge on any atom is -0.506 e. The van der Waals surface area contributed by atoms with E-state index in [0.29, 0.717) is 11.3 Å². The third-order valence-electron chi connectivity index (χ3n) is 3.34. The van der Waals surface area contributed by atoms with Crippen molar-refractivity contribution >= 4 is 29.3 Å². The molecule has 0 unspecified atom stereocenters. The summed E-state index contributed by atoms with van der Waals surface area (Å²) in [6, 6.07) is 13.4. The lowest BCUT2D eigenvalue weighted by atomic mass is 10.1. The predicted octanol–water partition coefficient (Wildman–Crippen LogP) is 5.44. The summed E-state index contributed by atoms with van der Waals surface area (Å²) >= 11 is 0. The van der Waals surface area contributed by atoms with E-state index in [9.17, 15) is 0 Å². The van der Waals surface area contributed by atoms with Crippen LogP contribution < -0.4 is 4.65 Å². The van der Waals surface area contributed by atoms with Crippen molar-refractivity contribution in [1.82, 2.24) is 0 Å². The van der Waals surface area contributed by atoms with Gasteiger partial charge in [0.1, 0.15) is 11.3 Å². The smallest absolute Gasteiger partial charge is 0.506 e. The van der Waals surface area contributed by atoms with E-state index in [-0.39, 0.29) is 0 Å². The van der Waals surface area contributed by atoms with Crippen LogP contribution in [0.2, 0.25) is 0 Å². The molecule has 144 valence electrons. The Balaban J connectivity index is 1.87. The third-order valence-corrected chi connectivity index (χ3v) is 3.34. The molecule has 27 heavy (non-hydrogen) atoms. The first-order chi connectivity index (χ1) is 12.6. The van der Waals surface area contributed by atoms with Gasteiger partial charge in [0.25, 0.3) is 0 Å². The zero-order valence-electron chi connectivity index (χ0n) is 16.6. The van der Waals surface area contributed by atoms with E-state index in [4.69, 9.17) is 28.5 Å². The summed E-state index contributed by atoms with van der Waals surface area (Å²) in [5.41, 5.74) is 0.289. The maximum atomic E-state index is 5.96. The van der Waals surface area contributed by atoms with Gasteiger partial charge >= 0.3 is 7.32 Å². The Morgan fingerprint density at radius 2 is 1.33 bits per heavy atom. The molecule has 0 aliphatic rings. The lowest BCUT2D eigenvalue weighted by molar-refractivity contribution is -0.350. The van der Waals surface area contributed by atoms with Crippen molar-refractivity contribution in [2.24, 2.45) is 0 Å². The Labute approximate surface area is 159 Å². The van der Waals surface area contributed by atoms with Gasteiger partial charge in [0.2, 0.25) is 0 Å². The number of hydrogen-bond donors (Lipinski definition) is 0. The molecule has 1 aromatic heterocycles. The van der Waals surface area contributed by atoms with Gasteiger partial charge in [-0.2, -0.15) is 0 Å². The van der Waals surface area contributed by atoms with Crippen molar-refractivity contribution in [3.63, 3.8) is 0 Å². The van der Waals surface area contributed by atoms with Crippen LogP contribution in [0.4, 0.5) is 0 Å². The van der Waals surface area contributed by atoms with E-state index in [2.05, 4.69) is 0 Å². The van der Waals surface area contributed by atoms with Crippen LogP contribution in [0.25, 0.3) is 21.9 Å². The van der Waals surface area contributed by atoms with Crippen molar-refractivity contribution in [3.8, 4) is 5.75 Å². The zero-order chi connectivity index (χ0) is 19.7. The Hall–Kier alpha value is -2.06. The number of hydrogen-bond acceptors (Lipinski definition) is 6. The first-order valence-corrected chi connectivity index (χ1v) is 8.88. The van der Waals surface area contributed by atoms with Crippen LogP contribution in [0.15, 0.2) is 46.9 Å². The fourth-order valence-corrected chi connectivity index (χ4v) is 2.34. The molecule has 0 aliphatic heterocycles. The standard InChI is InChI=1S/C20H25BO6/c1-19(2,3)24-26-21(27-25-20(4,5)6)23-17-13-9-11-15-14-10-7-8-12-16(14)22-18(15)17/h7-13H,1-6H3. The maximum absolute atomic E-state index is 5.96. The topological polar surface area (TPSA) is 59.3 Å². The molecule has 0 spiro atoms. The molecule has 3 rings (SSSR count). The lowest BCUT2D eigenvalue weighted by Gasteiger charge is -2.23. The van der Waals surface area contributed by atoms with Crippen molar-refractivity contribution in [3.05, 3.63) is 42.5 Å².